The van der Waals surface area contributed by atoms with E-state index in [0.717, 1.165) is 32.6 Å². The van der Waals surface area contributed by atoms with Crippen molar-refractivity contribution in [2.75, 3.05) is 32.7 Å². The molecule has 0 aliphatic carbocycles. The smallest absolute Gasteiger partial charge is 0.254 e. The molecular formula is C16H24BrFN2O. The lowest BCUT2D eigenvalue weighted by atomic mass is 10.2. The van der Waals surface area contributed by atoms with Crippen molar-refractivity contribution in [3.63, 3.8) is 0 Å². The lowest BCUT2D eigenvalue weighted by molar-refractivity contribution is 0.0756. The maximum atomic E-state index is 13.1. The molecule has 0 bridgehead atoms. The second-order valence-electron chi connectivity index (χ2n) is 4.89. The third-order valence-electron chi connectivity index (χ3n) is 3.63. The van der Waals surface area contributed by atoms with Crippen molar-refractivity contribution in [2.24, 2.45) is 0 Å². The molecule has 0 unspecified atom stereocenters. The molecule has 0 spiro atoms. The Morgan fingerprint density at radius 1 is 1.14 bits per heavy atom. The minimum absolute atomic E-state index is 0.0519. The summed E-state index contributed by atoms with van der Waals surface area (Å²) in [4.78, 5) is 16.6. The van der Waals surface area contributed by atoms with Crippen LogP contribution in [0.5, 0.6) is 0 Å². The molecular weight excluding hydrogens is 335 g/mol. The van der Waals surface area contributed by atoms with Crippen molar-refractivity contribution in [1.29, 1.82) is 0 Å². The van der Waals surface area contributed by atoms with E-state index >= 15 is 0 Å². The molecule has 0 fully saturated rings. The molecule has 0 heterocycles. The molecule has 3 nitrogen and oxygen atoms in total. The Morgan fingerprint density at radius 2 is 1.81 bits per heavy atom. The molecule has 0 aliphatic heterocycles. The zero-order chi connectivity index (χ0) is 15.8. The fourth-order valence-corrected chi connectivity index (χ4v) is 2.78. The molecule has 1 aromatic carbocycles. The average molecular weight is 359 g/mol. The summed E-state index contributed by atoms with van der Waals surface area (Å²) in [5.74, 6) is -0.396. The number of nitrogens with zero attached hydrogens (tertiary/aromatic N) is 2. The fourth-order valence-electron chi connectivity index (χ4n) is 2.26. The van der Waals surface area contributed by atoms with Crippen LogP contribution >= 0.6 is 15.9 Å². The molecule has 1 rings (SSSR count). The van der Waals surface area contributed by atoms with Crippen molar-refractivity contribution in [3.05, 3.63) is 34.1 Å². The largest absolute Gasteiger partial charge is 0.339 e. The van der Waals surface area contributed by atoms with Crippen LogP contribution in [0.4, 0.5) is 4.39 Å². The van der Waals surface area contributed by atoms with Gasteiger partial charge < -0.3 is 9.80 Å². The van der Waals surface area contributed by atoms with Crippen LogP contribution < -0.4 is 0 Å². The molecule has 0 aliphatic rings. The van der Waals surface area contributed by atoms with E-state index in [1.54, 1.807) is 0 Å². The number of hydrogen-bond acceptors (Lipinski definition) is 2. The number of halogens is 2. The number of carbonyl (C=O) groups excluding carboxylic acids is 1. The van der Waals surface area contributed by atoms with Gasteiger partial charge in [-0.15, -0.1) is 0 Å². The van der Waals surface area contributed by atoms with E-state index in [0.29, 0.717) is 16.6 Å². The average Bonchev–Trinajstić information content (AvgIpc) is 2.47. The zero-order valence-electron chi connectivity index (χ0n) is 13.0. The topological polar surface area (TPSA) is 23.6 Å². The summed E-state index contributed by atoms with van der Waals surface area (Å²) in [6.45, 7) is 10.7. The summed E-state index contributed by atoms with van der Waals surface area (Å²) in [6, 6.07) is 4.19. The first-order chi connectivity index (χ1) is 10.0. The quantitative estimate of drug-likeness (QED) is 0.705. The Hall–Kier alpha value is -0.940. The molecule has 118 valence electrons. The standard InChI is InChI=1S/C16H24BrFN2O/c1-4-19(5-2)10-7-11-20(6-3)16(21)14-9-8-13(18)12-15(14)17/h8-9,12H,4-7,10-11H2,1-3H3. The molecule has 5 heteroatoms. The third-order valence-corrected chi connectivity index (χ3v) is 4.28. The van der Waals surface area contributed by atoms with Crippen molar-refractivity contribution in [2.45, 2.75) is 27.2 Å². The van der Waals surface area contributed by atoms with E-state index in [-0.39, 0.29) is 11.7 Å². The van der Waals surface area contributed by atoms with Crippen molar-refractivity contribution in [3.8, 4) is 0 Å². The van der Waals surface area contributed by atoms with Crippen molar-refractivity contribution >= 4 is 21.8 Å². The monoisotopic (exact) mass is 358 g/mol. The highest BCUT2D eigenvalue weighted by Gasteiger charge is 2.17. The van der Waals surface area contributed by atoms with Gasteiger partial charge in [-0.05, 0) is 67.1 Å². The van der Waals surface area contributed by atoms with Gasteiger partial charge in [0.05, 0.1) is 5.56 Å². The van der Waals surface area contributed by atoms with E-state index in [9.17, 15) is 9.18 Å². The third kappa shape index (κ3) is 5.40. The van der Waals surface area contributed by atoms with E-state index in [1.165, 1.54) is 18.2 Å². The minimum Gasteiger partial charge on any atom is -0.339 e. The molecule has 21 heavy (non-hydrogen) atoms. The van der Waals surface area contributed by atoms with Crippen LogP contribution in [0.1, 0.15) is 37.6 Å². The number of benzene rings is 1. The van der Waals surface area contributed by atoms with Crippen LogP contribution in [-0.2, 0) is 0 Å². The summed E-state index contributed by atoms with van der Waals surface area (Å²) in [5, 5.41) is 0. The summed E-state index contributed by atoms with van der Waals surface area (Å²) in [7, 11) is 0. The Labute approximate surface area is 135 Å². The maximum Gasteiger partial charge on any atom is 0.254 e. The van der Waals surface area contributed by atoms with Gasteiger partial charge in [-0.3, -0.25) is 4.79 Å². The molecule has 0 atom stereocenters. The van der Waals surface area contributed by atoms with Crippen molar-refractivity contribution in [1.82, 2.24) is 9.80 Å². The van der Waals surface area contributed by atoms with Gasteiger partial charge in [0.15, 0.2) is 0 Å². The van der Waals surface area contributed by atoms with Crippen LogP contribution in [0.2, 0.25) is 0 Å². The lowest BCUT2D eigenvalue weighted by Gasteiger charge is -2.24. The second kappa shape index (κ2) is 9.15. The first-order valence-corrected chi connectivity index (χ1v) is 8.29. The van der Waals surface area contributed by atoms with E-state index in [2.05, 4.69) is 34.7 Å². The number of carbonyl (C=O) groups is 1. The lowest BCUT2D eigenvalue weighted by Crippen LogP contribution is -2.34. The van der Waals surface area contributed by atoms with Crippen LogP contribution in [0.15, 0.2) is 22.7 Å². The van der Waals surface area contributed by atoms with E-state index < -0.39 is 0 Å². The molecule has 1 aromatic rings. The predicted octanol–water partition coefficient (Wildman–Crippen LogP) is 3.78. The fraction of sp³-hybridized carbons (Fsp3) is 0.562. The van der Waals surface area contributed by atoms with Gasteiger partial charge in [0.1, 0.15) is 5.82 Å². The zero-order valence-corrected chi connectivity index (χ0v) is 14.6. The van der Waals surface area contributed by atoms with Crippen LogP contribution in [0, 0.1) is 5.82 Å². The van der Waals surface area contributed by atoms with Crippen LogP contribution in [0.25, 0.3) is 0 Å². The highest BCUT2D eigenvalue weighted by atomic mass is 79.9. The van der Waals surface area contributed by atoms with Gasteiger partial charge in [0, 0.05) is 17.6 Å². The molecule has 0 saturated heterocycles. The summed E-state index contributed by atoms with van der Waals surface area (Å²) in [6.07, 6.45) is 0.945. The first-order valence-electron chi connectivity index (χ1n) is 7.50. The Kier molecular flexibility index (Phi) is 7.89. The number of amides is 1. The van der Waals surface area contributed by atoms with E-state index in [4.69, 9.17) is 0 Å². The SMILES string of the molecule is CCN(CC)CCCN(CC)C(=O)c1ccc(F)cc1Br. The van der Waals surface area contributed by atoms with E-state index in [1.807, 2.05) is 11.8 Å². The first kappa shape index (κ1) is 18.1. The van der Waals surface area contributed by atoms with Gasteiger partial charge in [0.25, 0.3) is 5.91 Å². The van der Waals surface area contributed by atoms with Gasteiger partial charge in [-0.2, -0.15) is 0 Å². The van der Waals surface area contributed by atoms with Gasteiger partial charge in [0.2, 0.25) is 0 Å². The Balaban J connectivity index is 2.64. The molecule has 1 amide bonds. The second-order valence-corrected chi connectivity index (χ2v) is 5.74. The summed E-state index contributed by atoms with van der Waals surface area (Å²) >= 11 is 3.26. The highest BCUT2D eigenvalue weighted by molar-refractivity contribution is 9.10. The number of rotatable bonds is 8. The minimum atomic E-state index is -0.344. The van der Waals surface area contributed by atoms with Gasteiger partial charge >= 0.3 is 0 Å². The molecule has 0 aromatic heterocycles. The van der Waals surface area contributed by atoms with Crippen LogP contribution in [0.3, 0.4) is 0 Å². The normalized spacial score (nSPS) is 11.0. The molecule has 0 saturated carbocycles. The maximum absolute atomic E-state index is 13.1. The van der Waals surface area contributed by atoms with Gasteiger partial charge in [-0.25, -0.2) is 4.39 Å². The van der Waals surface area contributed by atoms with Crippen molar-refractivity contribution < 1.29 is 9.18 Å². The van der Waals surface area contributed by atoms with Crippen LogP contribution in [-0.4, -0.2) is 48.4 Å². The Bertz CT molecular complexity index is 464. The highest BCUT2D eigenvalue weighted by Crippen LogP contribution is 2.20. The predicted molar refractivity (Wildman–Crippen MR) is 88.1 cm³/mol. The summed E-state index contributed by atoms with van der Waals surface area (Å²) in [5.41, 5.74) is 0.515. The molecule has 0 N–H and O–H groups in total. The van der Waals surface area contributed by atoms with Gasteiger partial charge in [-0.1, -0.05) is 13.8 Å². The summed E-state index contributed by atoms with van der Waals surface area (Å²) < 4.78 is 13.6. The Morgan fingerprint density at radius 3 is 2.33 bits per heavy atom. The number of hydrogen-bond donors (Lipinski definition) is 0. The molecule has 0 radical (unpaired) electrons.